The number of hydrogen-bond acceptors (Lipinski definition) is 2. The number of carbonyl (C=O) groups is 1. The van der Waals surface area contributed by atoms with Gasteiger partial charge in [0.05, 0.1) is 0 Å². The number of carbonyl (C=O) groups excluding carboxylic acids is 1. The molecule has 2 aromatic carbocycles. The molecule has 0 aliphatic heterocycles. The van der Waals surface area contributed by atoms with Crippen LogP contribution in [0.15, 0.2) is 42.5 Å². The predicted molar refractivity (Wildman–Crippen MR) is 103 cm³/mol. The third-order valence-electron chi connectivity index (χ3n) is 6.93. The SMILES string of the molecule is O=C(COc1cccc2ccccc12)NCC12CC3CC(CC(C3)C1)C2. The maximum absolute atomic E-state index is 12.4. The van der Waals surface area contributed by atoms with E-state index < -0.39 is 0 Å². The van der Waals surface area contributed by atoms with Gasteiger partial charge in [0.25, 0.3) is 5.91 Å². The van der Waals surface area contributed by atoms with E-state index in [1.54, 1.807) is 0 Å². The average molecular weight is 349 g/mol. The Morgan fingerprint density at radius 1 is 0.962 bits per heavy atom. The van der Waals surface area contributed by atoms with Crippen LogP contribution in [0.5, 0.6) is 5.75 Å². The second-order valence-electron chi connectivity index (χ2n) is 8.96. The zero-order valence-electron chi connectivity index (χ0n) is 15.2. The molecular formula is C23H27NO2. The number of hydrogen-bond donors (Lipinski definition) is 1. The van der Waals surface area contributed by atoms with Gasteiger partial charge in [0.2, 0.25) is 0 Å². The number of fused-ring (bicyclic) bond motifs is 1. The Morgan fingerprint density at radius 3 is 2.35 bits per heavy atom. The minimum absolute atomic E-state index is 0.00804. The van der Waals surface area contributed by atoms with Crippen LogP contribution in [0.4, 0.5) is 0 Å². The highest BCUT2D eigenvalue weighted by Gasteiger charge is 2.50. The summed E-state index contributed by atoms with van der Waals surface area (Å²) in [7, 11) is 0. The van der Waals surface area contributed by atoms with Crippen LogP contribution in [0.3, 0.4) is 0 Å². The first-order chi connectivity index (χ1) is 12.7. The largest absolute Gasteiger partial charge is 0.483 e. The van der Waals surface area contributed by atoms with Crippen molar-refractivity contribution in [3.63, 3.8) is 0 Å². The van der Waals surface area contributed by atoms with Crippen LogP contribution >= 0.6 is 0 Å². The van der Waals surface area contributed by atoms with E-state index >= 15 is 0 Å². The molecule has 0 radical (unpaired) electrons. The summed E-state index contributed by atoms with van der Waals surface area (Å²) in [5.41, 5.74) is 0.379. The molecule has 4 aliphatic carbocycles. The Bertz CT molecular complexity index is 787. The summed E-state index contributed by atoms with van der Waals surface area (Å²) in [6.45, 7) is 0.939. The van der Waals surface area contributed by atoms with Crippen molar-refractivity contribution < 1.29 is 9.53 Å². The minimum Gasteiger partial charge on any atom is -0.483 e. The molecule has 3 heteroatoms. The van der Waals surface area contributed by atoms with Gasteiger partial charge in [0.1, 0.15) is 5.75 Å². The van der Waals surface area contributed by atoms with Gasteiger partial charge < -0.3 is 10.1 Å². The molecule has 0 saturated heterocycles. The summed E-state index contributed by atoms with van der Waals surface area (Å²) in [6.07, 6.45) is 8.29. The van der Waals surface area contributed by atoms with Crippen LogP contribution < -0.4 is 10.1 Å². The highest BCUT2D eigenvalue weighted by Crippen LogP contribution is 2.59. The van der Waals surface area contributed by atoms with Gasteiger partial charge in [0, 0.05) is 11.9 Å². The lowest BCUT2D eigenvalue weighted by Gasteiger charge is -2.56. The molecule has 3 nitrogen and oxygen atoms in total. The number of amides is 1. The first-order valence-electron chi connectivity index (χ1n) is 10.1. The van der Waals surface area contributed by atoms with E-state index in [9.17, 15) is 4.79 Å². The number of ether oxygens (including phenoxy) is 1. The maximum atomic E-state index is 12.4. The molecule has 0 spiro atoms. The fraction of sp³-hybridized carbons (Fsp3) is 0.522. The Balaban J connectivity index is 1.19. The molecule has 26 heavy (non-hydrogen) atoms. The summed E-state index contributed by atoms with van der Waals surface area (Å²) in [4.78, 5) is 12.4. The van der Waals surface area contributed by atoms with Gasteiger partial charge in [-0.3, -0.25) is 4.79 Å². The van der Waals surface area contributed by atoms with Crippen molar-refractivity contribution in [1.82, 2.24) is 5.32 Å². The molecule has 4 fully saturated rings. The number of rotatable bonds is 5. The molecule has 1 amide bonds. The Hall–Kier alpha value is -2.03. The lowest BCUT2D eigenvalue weighted by Crippen LogP contribution is -2.51. The summed E-state index contributed by atoms with van der Waals surface area (Å²) >= 11 is 0. The third kappa shape index (κ3) is 2.98. The van der Waals surface area contributed by atoms with Crippen LogP contribution in [-0.4, -0.2) is 19.1 Å². The number of nitrogens with one attached hydrogen (secondary N) is 1. The van der Waals surface area contributed by atoms with Crippen LogP contribution in [-0.2, 0) is 4.79 Å². The molecule has 4 bridgehead atoms. The predicted octanol–water partition coefficient (Wildman–Crippen LogP) is 4.55. The quantitative estimate of drug-likeness (QED) is 0.860. The summed E-state index contributed by atoms with van der Waals surface area (Å²) in [6, 6.07) is 14.1. The monoisotopic (exact) mass is 349 g/mol. The zero-order valence-corrected chi connectivity index (χ0v) is 15.2. The number of benzene rings is 2. The van der Waals surface area contributed by atoms with Crippen molar-refractivity contribution >= 4 is 16.7 Å². The highest BCUT2D eigenvalue weighted by atomic mass is 16.5. The average Bonchev–Trinajstić information content (AvgIpc) is 2.64. The van der Waals surface area contributed by atoms with E-state index in [1.165, 1.54) is 38.5 Å². The van der Waals surface area contributed by atoms with Crippen LogP contribution in [0.1, 0.15) is 38.5 Å². The molecule has 0 heterocycles. The molecule has 136 valence electrons. The zero-order chi connectivity index (χ0) is 17.6. The summed E-state index contributed by atoms with van der Waals surface area (Å²) < 4.78 is 5.84. The lowest BCUT2D eigenvalue weighted by molar-refractivity contribution is -0.125. The molecule has 0 aromatic heterocycles. The van der Waals surface area contributed by atoms with Crippen molar-refractivity contribution in [2.24, 2.45) is 23.2 Å². The van der Waals surface area contributed by atoms with E-state index in [0.717, 1.165) is 40.8 Å². The third-order valence-corrected chi connectivity index (χ3v) is 6.93. The smallest absolute Gasteiger partial charge is 0.257 e. The fourth-order valence-electron chi connectivity index (χ4n) is 6.31. The second kappa shape index (κ2) is 6.29. The van der Waals surface area contributed by atoms with Crippen LogP contribution in [0, 0.1) is 23.2 Å². The van der Waals surface area contributed by atoms with E-state index in [1.807, 2.05) is 30.3 Å². The first-order valence-corrected chi connectivity index (χ1v) is 10.1. The first kappa shape index (κ1) is 16.2. The van der Waals surface area contributed by atoms with Crippen molar-refractivity contribution in [2.75, 3.05) is 13.2 Å². The second-order valence-corrected chi connectivity index (χ2v) is 8.96. The van der Waals surface area contributed by atoms with E-state index in [-0.39, 0.29) is 12.5 Å². The van der Waals surface area contributed by atoms with Crippen molar-refractivity contribution in [2.45, 2.75) is 38.5 Å². The molecule has 0 unspecified atom stereocenters. The molecule has 4 aliphatic rings. The van der Waals surface area contributed by atoms with Gasteiger partial charge in [-0.2, -0.15) is 0 Å². The topological polar surface area (TPSA) is 38.3 Å². The van der Waals surface area contributed by atoms with Crippen molar-refractivity contribution in [3.8, 4) is 5.75 Å². The fourth-order valence-corrected chi connectivity index (χ4v) is 6.31. The lowest BCUT2D eigenvalue weighted by atomic mass is 9.49. The highest BCUT2D eigenvalue weighted by molar-refractivity contribution is 5.88. The van der Waals surface area contributed by atoms with Crippen molar-refractivity contribution in [3.05, 3.63) is 42.5 Å². The van der Waals surface area contributed by atoms with Gasteiger partial charge in [-0.25, -0.2) is 0 Å². The van der Waals surface area contributed by atoms with Gasteiger partial charge in [-0.1, -0.05) is 36.4 Å². The van der Waals surface area contributed by atoms with E-state index in [4.69, 9.17) is 4.74 Å². The van der Waals surface area contributed by atoms with Crippen molar-refractivity contribution in [1.29, 1.82) is 0 Å². The van der Waals surface area contributed by atoms with E-state index in [0.29, 0.717) is 5.41 Å². The Morgan fingerprint density at radius 2 is 1.62 bits per heavy atom. The molecule has 4 saturated carbocycles. The Labute approximate surface area is 155 Å². The Kier molecular flexibility index (Phi) is 3.91. The van der Waals surface area contributed by atoms with Crippen LogP contribution in [0.25, 0.3) is 10.8 Å². The maximum Gasteiger partial charge on any atom is 0.257 e. The molecule has 6 rings (SSSR count). The molecule has 1 N–H and O–H groups in total. The van der Waals surface area contributed by atoms with Gasteiger partial charge in [-0.15, -0.1) is 0 Å². The van der Waals surface area contributed by atoms with Gasteiger partial charge >= 0.3 is 0 Å². The summed E-state index contributed by atoms with van der Waals surface area (Å²) in [5.74, 6) is 3.56. The summed E-state index contributed by atoms with van der Waals surface area (Å²) in [5, 5.41) is 5.39. The molecule has 0 atom stereocenters. The minimum atomic E-state index is 0.00804. The van der Waals surface area contributed by atoms with E-state index in [2.05, 4.69) is 17.4 Å². The van der Waals surface area contributed by atoms with Gasteiger partial charge in [0.15, 0.2) is 6.61 Å². The standard InChI is InChI=1S/C23H27NO2/c25-22(14-26-21-7-3-5-19-4-1-2-6-20(19)21)24-15-23-11-16-8-17(12-23)10-18(9-16)13-23/h1-7,16-18H,8-15H2,(H,24,25). The van der Waals surface area contributed by atoms with Crippen LogP contribution in [0.2, 0.25) is 0 Å². The normalized spacial score (nSPS) is 31.9. The molecular weight excluding hydrogens is 322 g/mol. The van der Waals surface area contributed by atoms with Gasteiger partial charge in [-0.05, 0) is 73.1 Å². The molecule has 2 aromatic rings.